The summed E-state index contributed by atoms with van der Waals surface area (Å²) in [5.41, 5.74) is 1.34. The van der Waals surface area contributed by atoms with Crippen molar-refractivity contribution in [2.24, 2.45) is 0 Å². The molecule has 2 aromatic heterocycles. The van der Waals surface area contributed by atoms with Crippen molar-refractivity contribution in [1.82, 2.24) is 25.2 Å². The molecule has 2 heterocycles. The maximum Gasteiger partial charge on any atom is 0.264 e. The van der Waals surface area contributed by atoms with E-state index in [9.17, 15) is 9.18 Å². The molecule has 0 atom stereocenters. The van der Waals surface area contributed by atoms with E-state index in [2.05, 4.69) is 25.8 Å². The third kappa shape index (κ3) is 3.49. The number of benzene rings is 2. The van der Waals surface area contributed by atoms with Crippen LogP contribution in [-0.4, -0.2) is 37.7 Å². The molecule has 0 saturated carbocycles. The summed E-state index contributed by atoms with van der Waals surface area (Å²) in [5, 5.41) is 14.0. The fourth-order valence-electron chi connectivity index (χ4n) is 2.25. The molecule has 8 nitrogen and oxygen atoms in total. The second-order valence-corrected chi connectivity index (χ2v) is 6.25. The minimum absolute atomic E-state index is 0.191. The number of aromatic nitrogens is 5. The van der Waals surface area contributed by atoms with Gasteiger partial charge in [0, 0.05) is 6.07 Å². The van der Waals surface area contributed by atoms with Crippen LogP contribution in [0.4, 0.5) is 9.52 Å². The first-order chi connectivity index (χ1) is 12.7. The van der Waals surface area contributed by atoms with Crippen LogP contribution in [0.25, 0.3) is 15.9 Å². The number of tetrazole rings is 1. The Balaban J connectivity index is 1.40. The van der Waals surface area contributed by atoms with Gasteiger partial charge in [0.05, 0.1) is 15.9 Å². The highest BCUT2D eigenvalue weighted by Crippen LogP contribution is 2.26. The van der Waals surface area contributed by atoms with Crippen LogP contribution in [0, 0.1) is 5.82 Å². The second-order valence-electron chi connectivity index (χ2n) is 5.22. The smallest absolute Gasteiger partial charge is 0.264 e. The van der Waals surface area contributed by atoms with E-state index in [-0.39, 0.29) is 18.3 Å². The van der Waals surface area contributed by atoms with Gasteiger partial charge in [0.15, 0.2) is 11.7 Å². The van der Waals surface area contributed by atoms with E-state index in [1.807, 2.05) is 6.07 Å². The lowest BCUT2D eigenvalue weighted by Gasteiger charge is -2.07. The first-order valence-corrected chi connectivity index (χ1v) is 8.31. The number of hydrogen-bond acceptors (Lipinski definition) is 7. The molecule has 0 spiro atoms. The highest BCUT2D eigenvalue weighted by Gasteiger charge is 2.10. The van der Waals surface area contributed by atoms with E-state index in [1.54, 1.807) is 24.3 Å². The summed E-state index contributed by atoms with van der Waals surface area (Å²) in [6.45, 7) is -0.191. The number of hydrogen-bond donors (Lipinski definition) is 1. The monoisotopic (exact) mass is 370 g/mol. The van der Waals surface area contributed by atoms with Gasteiger partial charge < -0.3 is 4.74 Å². The maximum absolute atomic E-state index is 13.2. The lowest BCUT2D eigenvalue weighted by molar-refractivity contribution is -0.118. The number of carbonyl (C=O) groups excluding carboxylic acids is 1. The number of anilines is 1. The summed E-state index contributed by atoms with van der Waals surface area (Å²) in [7, 11) is 0. The van der Waals surface area contributed by atoms with Crippen molar-refractivity contribution >= 4 is 32.6 Å². The van der Waals surface area contributed by atoms with Gasteiger partial charge in [0.25, 0.3) is 5.91 Å². The molecule has 0 unspecified atom stereocenters. The van der Waals surface area contributed by atoms with Crippen molar-refractivity contribution in [2.45, 2.75) is 0 Å². The lowest BCUT2D eigenvalue weighted by atomic mass is 10.3. The molecule has 0 aliphatic heterocycles. The Hall–Kier alpha value is -3.40. The molecule has 130 valence electrons. The quantitative estimate of drug-likeness (QED) is 0.580. The largest absolute Gasteiger partial charge is 0.484 e. The Morgan fingerprint density at radius 1 is 1.27 bits per heavy atom. The number of amides is 1. The van der Waals surface area contributed by atoms with Gasteiger partial charge in [-0.15, -0.1) is 5.10 Å². The average molecular weight is 370 g/mol. The fourth-order valence-corrected chi connectivity index (χ4v) is 3.16. The standard InChI is InChI=1S/C16H11FN6O2S/c17-10-4-5-13-14(6-10)26-16(19-13)20-15(24)8-25-12-3-1-2-11(7-12)23-9-18-21-22-23/h1-7,9H,8H2,(H,19,20,24). The SMILES string of the molecule is O=C(COc1cccc(-n2cnnn2)c1)Nc1nc2ccc(F)cc2s1. The van der Waals surface area contributed by atoms with Gasteiger partial charge in [0.2, 0.25) is 0 Å². The molecule has 0 fully saturated rings. The summed E-state index contributed by atoms with van der Waals surface area (Å²) >= 11 is 1.20. The van der Waals surface area contributed by atoms with Crippen molar-refractivity contribution in [1.29, 1.82) is 0 Å². The zero-order valence-corrected chi connectivity index (χ0v) is 14.0. The van der Waals surface area contributed by atoms with Crippen LogP contribution in [0.5, 0.6) is 5.75 Å². The number of nitrogens with one attached hydrogen (secondary N) is 1. The minimum atomic E-state index is -0.364. The van der Waals surface area contributed by atoms with Gasteiger partial charge in [-0.3, -0.25) is 10.1 Å². The first kappa shape index (κ1) is 16.1. The topological polar surface area (TPSA) is 94.8 Å². The van der Waals surface area contributed by atoms with Crippen molar-refractivity contribution < 1.29 is 13.9 Å². The normalized spacial score (nSPS) is 10.8. The molecule has 26 heavy (non-hydrogen) atoms. The number of halogens is 1. The molecule has 10 heteroatoms. The first-order valence-electron chi connectivity index (χ1n) is 7.49. The van der Waals surface area contributed by atoms with Crippen LogP contribution >= 0.6 is 11.3 Å². The van der Waals surface area contributed by atoms with Crippen LogP contribution in [-0.2, 0) is 4.79 Å². The number of carbonyl (C=O) groups is 1. The molecule has 0 radical (unpaired) electrons. The summed E-state index contributed by atoms with van der Waals surface area (Å²) in [4.78, 5) is 16.3. The summed E-state index contributed by atoms with van der Waals surface area (Å²) in [6, 6.07) is 11.3. The van der Waals surface area contributed by atoms with E-state index >= 15 is 0 Å². The third-order valence-corrected chi connectivity index (χ3v) is 4.33. The van der Waals surface area contributed by atoms with Gasteiger partial charge >= 0.3 is 0 Å². The number of fused-ring (bicyclic) bond motifs is 1. The molecule has 0 aliphatic carbocycles. The highest BCUT2D eigenvalue weighted by molar-refractivity contribution is 7.22. The Kier molecular flexibility index (Phi) is 4.23. The van der Waals surface area contributed by atoms with E-state index in [1.165, 1.54) is 34.5 Å². The number of nitrogens with zero attached hydrogens (tertiary/aromatic N) is 5. The second kappa shape index (κ2) is 6.84. The molecular formula is C16H11FN6O2S. The molecule has 1 amide bonds. The van der Waals surface area contributed by atoms with E-state index < -0.39 is 0 Å². The molecule has 0 aliphatic rings. The van der Waals surface area contributed by atoms with Crippen molar-refractivity contribution in [3.05, 3.63) is 54.6 Å². The number of rotatable bonds is 5. The highest BCUT2D eigenvalue weighted by atomic mass is 32.1. The Labute approximate surface area is 150 Å². The fraction of sp³-hybridized carbons (Fsp3) is 0.0625. The molecule has 1 N–H and O–H groups in total. The predicted molar refractivity (Wildman–Crippen MR) is 92.9 cm³/mol. The summed E-state index contributed by atoms with van der Waals surface area (Å²) in [6.07, 6.45) is 1.46. The zero-order chi connectivity index (χ0) is 17.9. The van der Waals surface area contributed by atoms with Crippen LogP contribution in [0.1, 0.15) is 0 Å². The predicted octanol–water partition coefficient (Wildman–Crippen LogP) is 2.43. The van der Waals surface area contributed by atoms with Crippen molar-refractivity contribution in [2.75, 3.05) is 11.9 Å². The summed E-state index contributed by atoms with van der Waals surface area (Å²) < 4.78 is 20.8. The van der Waals surface area contributed by atoms with Crippen LogP contribution in [0.15, 0.2) is 48.8 Å². The van der Waals surface area contributed by atoms with Gasteiger partial charge in [-0.1, -0.05) is 17.4 Å². The van der Waals surface area contributed by atoms with Gasteiger partial charge in [0.1, 0.15) is 17.9 Å². The van der Waals surface area contributed by atoms with E-state index in [0.717, 1.165) is 0 Å². The lowest BCUT2D eigenvalue weighted by Crippen LogP contribution is -2.20. The Morgan fingerprint density at radius 2 is 2.19 bits per heavy atom. The molecule has 4 aromatic rings. The van der Waals surface area contributed by atoms with Crippen LogP contribution in [0.3, 0.4) is 0 Å². The number of ether oxygens (including phenoxy) is 1. The van der Waals surface area contributed by atoms with Crippen molar-refractivity contribution in [3.8, 4) is 11.4 Å². The van der Waals surface area contributed by atoms with E-state index in [4.69, 9.17) is 4.74 Å². The molecule has 4 rings (SSSR count). The minimum Gasteiger partial charge on any atom is -0.484 e. The third-order valence-electron chi connectivity index (χ3n) is 3.40. The van der Waals surface area contributed by atoms with Gasteiger partial charge in [-0.25, -0.2) is 14.1 Å². The molecule has 0 saturated heterocycles. The Morgan fingerprint density at radius 3 is 3.04 bits per heavy atom. The zero-order valence-electron chi connectivity index (χ0n) is 13.2. The van der Waals surface area contributed by atoms with Crippen molar-refractivity contribution in [3.63, 3.8) is 0 Å². The van der Waals surface area contributed by atoms with E-state index in [0.29, 0.717) is 26.8 Å². The molecule has 0 bridgehead atoms. The van der Waals surface area contributed by atoms with Gasteiger partial charge in [-0.2, -0.15) is 0 Å². The Bertz CT molecular complexity index is 1070. The number of thiazole rings is 1. The molecular weight excluding hydrogens is 359 g/mol. The average Bonchev–Trinajstić information content (AvgIpc) is 3.29. The summed E-state index contributed by atoms with van der Waals surface area (Å²) in [5.74, 6) is -0.207. The van der Waals surface area contributed by atoms with Crippen LogP contribution in [0.2, 0.25) is 0 Å². The van der Waals surface area contributed by atoms with Gasteiger partial charge in [-0.05, 0) is 40.8 Å². The van der Waals surface area contributed by atoms with Crippen LogP contribution < -0.4 is 10.1 Å². The maximum atomic E-state index is 13.2. The molecule has 2 aromatic carbocycles.